The van der Waals surface area contributed by atoms with Crippen LogP contribution in [0.1, 0.15) is 37.9 Å². The van der Waals surface area contributed by atoms with Gasteiger partial charge in [0.1, 0.15) is 0 Å². The molecule has 0 spiro atoms. The van der Waals surface area contributed by atoms with Crippen LogP contribution in [-0.4, -0.2) is 45.1 Å². The summed E-state index contributed by atoms with van der Waals surface area (Å²) in [6.45, 7) is 6.22. The first-order chi connectivity index (χ1) is 11.6. The summed E-state index contributed by atoms with van der Waals surface area (Å²) in [6.07, 6.45) is 4.28. The minimum absolute atomic E-state index is 0.0328. The van der Waals surface area contributed by atoms with Gasteiger partial charge in [-0.25, -0.2) is 9.67 Å². The van der Waals surface area contributed by atoms with Crippen molar-refractivity contribution in [2.24, 2.45) is 0 Å². The highest BCUT2D eigenvalue weighted by molar-refractivity contribution is 5.93. The molecule has 130 valence electrons. The fraction of sp³-hybridized carbons (Fsp3) is 0.588. The average Bonchev–Trinajstić information content (AvgIpc) is 3.00. The van der Waals surface area contributed by atoms with Crippen molar-refractivity contribution in [3.63, 3.8) is 0 Å². The molecule has 2 N–H and O–H groups in total. The Morgan fingerprint density at radius 3 is 2.79 bits per heavy atom. The van der Waals surface area contributed by atoms with E-state index in [2.05, 4.69) is 10.4 Å². The van der Waals surface area contributed by atoms with E-state index in [-0.39, 0.29) is 12.5 Å². The van der Waals surface area contributed by atoms with Crippen molar-refractivity contribution < 1.29 is 14.6 Å². The monoisotopic (exact) mass is 332 g/mol. The molecule has 0 atom stereocenters. The van der Waals surface area contributed by atoms with Crippen LogP contribution in [0.2, 0.25) is 0 Å². The molecule has 3 rings (SSSR count). The number of hydrogen-bond donors (Lipinski definition) is 2. The van der Waals surface area contributed by atoms with Crippen molar-refractivity contribution in [2.45, 2.75) is 52.1 Å². The zero-order valence-corrected chi connectivity index (χ0v) is 14.2. The van der Waals surface area contributed by atoms with Crippen molar-refractivity contribution in [1.82, 2.24) is 14.8 Å². The van der Waals surface area contributed by atoms with E-state index in [0.717, 1.165) is 60.6 Å². The van der Waals surface area contributed by atoms with Gasteiger partial charge in [-0.15, -0.1) is 0 Å². The Hall–Kier alpha value is -2.15. The number of carboxylic acid groups (broad SMARTS) is 1. The Morgan fingerprint density at radius 1 is 1.42 bits per heavy atom. The van der Waals surface area contributed by atoms with E-state index in [1.54, 1.807) is 6.20 Å². The SMILES string of the molecule is CCc1nc2c(cnn2CC)c(NC2CCOCC2)c1CC(=O)O. The zero-order valence-electron chi connectivity index (χ0n) is 14.2. The number of pyridine rings is 1. The van der Waals surface area contributed by atoms with Gasteiger partial charge in [0.2, 0.25) is 0 Å². The maximum atomic E-state index is 11.4. The number of carboxylic acids is 1. The second-order valence-electron chi connectivity index (χ2n) is 6.06. The van der Waals surface area contributed by atoms with Crippen molar-refractivity contribution in [3.8, 4) is 0 Å². The Balaban J connectivity index is 2.12. The highest BCUT2D eigenvalue weighted by Crippen LogP contribution is 2.31. The lowest BCUT2D eigenvalue weighted by molar-refractivity contribution is -0.136. The molecular weight excluding hydrogens is 308 g/mol. The molecule has 1 aliphatic heterocycles. The maximum Gasteiger partial charge on any atom is 0.307 e. The van der Waals surface area contributed by atoms with Crippen molar-refractivity contribution in [3.05, 3.63) is 17.5 Å². The van der Waals surface area contributed by atoms with Gasteiger partial charge in [-0.2, -0.15) is 5.10 Å². The first-order valence-corrected chi connectivity index (χ1v) is 8.57. The van der Waals surface area contributed by atoms with E-state index >= 15 is 0 Å². The first kappa shape index (κ1) is 16.7. The maximum absolute atomic E-state index is 11.4. The summed E-state index contributed by atoms with van der Waals surface area (Å²) in [6, 6.07) is 0.284. The topological polar surface area (TPSA) is 89.3 Å². The van der Waals surface area contributed by atoms with Crippen LogP contribution in [0.4, 0.5) is 5.69 Å². The molecule has 3 heterocycles. The van der Waals surface area contributed by atoms with Gasteiger partial charge < -0.3 is 15.2 Å². The van der Waals surface area contributed by atoms with E-state index in [9.17, 15) is 9.90 Å². The summed E-state index contributed by atoms with van der Waals surface area (Å²) in [5.41, 5.74) is 3.30. The molecular formula is C17H24N4O3. The van der Waals surface area contributed by atoms with E-state index in [0.29, 0.717) is 6.42 Å². The van der Waals surface area contributed by atoms with Crippen molar-refractivity contribution in [1.29, 1.82) is 0 Å². The van der Waals surface area contributed by atoms with E-state index in [4.69, 9.17) is 9.72 Å². The summed E-state index contributed by atoms with van der Waals surface area (Å²) in [5.74, 6) is -0.844. The van der Waals surface area contributed by atoms with Crippen LogP contribution in [-0.2, 0) is 28.9 Å². The first-order valence-electron chi connectivity index (χ1n) is 8.57. The van der Waals surface area contributed by atoms with Gasteiger partial charge in [0.25, 0.3) is 0 Å². The van der Waals surface area contributed by atoms with Crippen LogP contribution < -0.4 is 5.32 Å². The number of aryl methyl sites for hydroxylation is 2. The van der Waals surface area contributed by atoms with Gasteiger partial charge in [-0.1, -0.05) is 6.92 Å². The summed E-state index contributed by atoms with van der Waals surface area (Å²) >= 11 is 0. The fourth-order valence-corrected chi connectivity index (χ4v) is 3.25. The van der Waals surface area contributed by atoms with Gasteiger partial charge in [0.05, 0.1) is 23.7 Å². The number of aliphatic carboxylic acids is 1. The number of carbonyl (C=O) groups is 1. The van der Waals surface area contributed by atoms with Crippen LogP contribution >= 0.6 is 0 Å². The number of nitrogens with zero attached hydrogens (tertiary/aromatic N) is 3. The standard InChI is InChI=1S/C17H24N4O3/c1-3-14-12(9-15(22)23)16(19-11-5-7-24-8-6-11)13-10-18-21(4-2)17(13)20-14/h10-11H,3-9H2,1-2H3,(H,19,20)(H,22,23). The summed E-state index contributed by atoms with van der Waals surface area (Å²) < 4.78 is 7.28. The third-order valence-electron chi connectivity index (χ3n) is 4.50. The smallest absolute Gasteiger partial charge is 0.307 e. The molecule has 1 saturated heterocycles. The quantitative estimate of drug-likeness (QED) is 0.843. The summed E-state index contributed by atoms with van der Waals surface area (Å²) in [4.78, 5) is 16.1. The third kappa shape index (κ3) is 3.21. The Labute approximate surface area is 141 Å². The van der Waals surface area contributed by atoms with E-state index < -0.39 is 5.97 Å². The van der Waals surface area contributed by atoms with Gasteiger partial charge in [0.15, 0.2) is 5.65 Å². The molecule has 2 aromatic rings. The summed E-state index contributed by atoms with van der Waals surface area (Å²) in [5, 5.41) is 18.2. The normalized spacial score (nSPS) is 15.8. The predicted molar refractivity (Wildman–Crippen MR) is 91.4 cm³/mol. The summed E-state index contributed by atoms with van der Waals surface area (Å²) in [7, 11) is 0. The van der Waals surface area contributed by atoms with Gasteiger partial charge in [-0.3, -0.25) is 4.79 Å². The minimum Gasteiger partial charge on any atom is -0.481 e. The Kier molecular flexibility index (Phi) is 4.99. The fourth-order valence-electron chi connectivity index (χ4n) is 3.25. The molecule has 24 heavy (non-hydrogen) atoms. The molecule has 0 radical (unpaired) electrons. The predicted octanol–water partition coefficient (Wildman–Crippen LogP) is 2.23. The number of anilines is 1. The second-order valence-corrected chi connectivity index (χ2v) is 6.06. The number of hydrogen-bond acceptors (Lipinski definition) is 5. The van der Waals surface area contributed by atoms with Crippen LogP contribution in [0, 0.1) is 0 Å². The van der Waals surface area contributed by atoms with E-state index in [1.165, 1.54) is 0 Å². The molecule has 7 nitrogen and oxygen atoms in total. The van der Waals surface area contributed by atoms with Gasteiger partial charge in [0, 0.05) is 37.1 Å². The molecule has 7 heteroatoms. The molecule has 0 aromatic carbocycles. The molecule has 0 unspecified atom stereocenters. The molecule has 2 aromatic heterocycles. The molecule has 0 amide bonds. The Morgan fingerprint density at radius 2 is 2.17 bits per heavy atom. The number of rotatable bonds is 6. The minimum atomic E-state index is -0.844. The third-order valence-corrected chi connectivity index (χ3v) is 4.50. The molecule has 1 fully saturated rings. The van der Waals surface area contributed by atoms with Gasteiger partial charge in [-0.05, 0) is 26.2 Å². The number of fused-ring (bicyclic) bond motifs is 1. The lowest BCUT2D eigenvalue weighted by Gasteiger charge is -2.26. The Bertz CT molecular complexity index is 735. The second kappa shape index (κ2) is 7.17. The number of nitrogens with one attached hydrogen (secondary N) is 1. The van der Waals surface area contributed by atoms with Crippen molar-refractivity contribution >= 4 is 22.7 Å². The lowest BCUT2D eigenvalue weighted by Crippen LogP contribution is -2.29. The van der Waals surface area contributed by atoms with Gasteiger partial charge >= 0.3 is 5.97 Å². The van der Waals surface area contributed by atoms with Crippen LogP contribution in [0.25, 0.3) is 11.0 Å². The average molecular weight is 332 g/mol. The molecule has 0 bridgehead atoms. The molecule has 0 aliphatic carbocycles. The zero-order chi connectivity index (χ0) is 17.1. The van der Waals surface area contributed by atoms with Crippen LogP contribution in [0.15, 0.2) is 6.20 Å². The van der Waals surface area contributed by atoms with E-state index in [1.807, 2.05) is 18.5 Å². The number of ether oxygens (including phenoxy) is 1. The highest BCUT2D eigenvalue weighted by atomic mass is 16.5. The number of aromatic nitrogens is 3. The molecule has 0 saturated carbocycles. The van der Waals surface area contributed by atoms with Crippen LogP contribution in [0.5, 0.6) is 0 Å². The lowest BCUT2D eigenvalue weighted by atomic mass is 10.0. The largest absolute Gasteiger partial charge is 0.481 e. The van der Waals surface area contributed by atoms with Crippen LogP contribution in [0.3, 0.4) is 0 Å². The highest BCUT2D eigenvalue weighted by Gasteiger charge is 2.22. The molecule has 1 aliphatic rings. The van der Waals surface area contributed by atoms with Crippen molar-refractivity contribution in [2.75, 3.05) is 18.5 Å².